The number of nitrogen functional groups attached to an aromatic ring is 1. The molecule has 19 heavy (non-hydrogen) atoms. The smallest absolute Gasteiger partial charge is 0.177 e. The molecule has 1 aliphatic heterocycles. The molecule has 5 nitrogen and oxygen atoms in total. The summed E-state index contributed by atoms with van der Waals surface area (Å²) in [5.41, 5.74) is 6.88. The fourth-order valence-electron chi connectivity index (χ4n) is 2.24. The summed E-state index contributed by atoms with van der Waals surface area (Å²) in [7, 11) is -3.28. The van der Waals surface area contributed by atoms with Crippen LogP contribution in [-0.4, -0.2) is 34.4 Å². The molecule has 1 atom stereocenters. The molecule has 6 heteroatoms. The fourth-order valence-corrected chi connectivity index (χ4v) is 3.08. The number of sulfone groups is 1. The Morgan fingerprint density at radius 2 is 2.26 bits per heavy atom. The molecule has 0 aliphatic carbocycles. The Hall–Kier alpha value is -1.27. The van der Waals surface area contributed by atoms with Crippen LogP contribution in [0.2, 0.25) is 0 Å². The van der Waals surface area contributed by atoms with Crippen LogP contribution in [0.4, 0.5) is 11.4 Å². The quantitative estimate of drug-likeness (QED) is 0.801. The second-order valence-corrected chi connectivity index (χ2v) is 6.92. The number of anilines is 2. The van der Waals surface area contributed by atoms with Crippen LogP contribution in [0.5, 0.6) is 0 Å². The Balaban J connectivity index is 2.00. The van der Waals surface area contributed by atoms with E-state index in [1.165, 1.54) is 12.3 Å². The van der Waals surface area contributed by atoms with Gasteiger partial charge in [0.1, 0.15) is 0 Å². The third kappa shape index (κ3) is 3.61. The van der Waals surface area contributed by atoms with Crippen LogP contribution in [0.3, 0.4) is 0 Å². The van der Waals surface area contributed by atoms with Gasteiger partial charge >= 0.3 is 0 Å². The molecular weight excluding hydrogens is 264 g/mol. The second kappa shape index (κ2) is 5.79. The Morgan fingerprint density at radius 3 is 2.89 bits per heavy atom. The van der Waals surface area contributed by atoms with Crippen LogP contribution in [0.1, 0.15) is 12.8 Å². The summed E-state index contributed by atoms with van der Waals surface area (Å²) in [4.78, 5) is 0.182. The molecule has 1 saturated heterocycles. The third-order valence-electron chi connectivity index (χ3n) is 3.36. The minimum atomic E-state index is -3.28. The van der Waals surface area contributed by atoms with Crippen molar-refractivity contribution in [2.24, 2.45) is 5.92 Å². The molecule has 1 aliphatic rings. The van der Waals surface area contributed by atoms with E-state index in [1.807, 2.05) is 0 Å². The monoisotopic (exact) mass is 284 g/mol. The molecule has 1 fully saturated rings. The molecule has 1 aromatic carbocycles. The van der Waals surface area contributed by atoms with E-state index in [0.29, 0.717) is 17.3 Å². The van der Waals surface area contributed by atoms with Crippen LogP contribution >= 0.6 is 0 Å². The van der Waals surface area contributed by atoms with E-state index in [1.54, 1.807) is 12.1 Å². The zero-order chi connectivity index (χ0) is 13.9. The predicted molar refractivity (Wildman–Crippen MR) is 76.0 cm³/mol. The summed E-state index contributed by atoms with van der Waals surface area (Å²) in [6.07, 6.45) is 3.27. The highest BCUT2D eigenvalue weighted by Crippen LogP contribution is 2.27. The molecule has 0 saturated carbocycles. The number of hydrogen-bond acceptors (Lipinski definition) is 5. The Bertz CT molecular complexity index is 537. The van der Waals surface area contributed by atoms with Crippen LogP contribution in [-0.2, 0) is 14.6 Å². The lowest BCUT2D eigenvalue weighted by molar-refractivity contribution is 0.185. The van der Waals surface area contributed by atoms with E-state index in [4.69, 9.17) is 10.5 Å². The average molecular weight is 284 g/mol. The molecule has 3 N–H and O–H groups in total. The third-order valence-corrected chi connectivity index (χ3v) is 4.51. The van der Waals surface area contributed by atoms with Crippen molar-refractivity contribution >= 4 is 21.2 Å². The summed E-state index contributed by atoms with van der Waals surface area (Å²) < 4.78 is 28.4. The van der Waals surface area contributed by atoms with Crippen molar-refractivity contribution in [3.8, 4) is 0 Å². The van der Waals surface area contributed by atoms with Gasteiger partial charge in [-0.2, -0.15) is 0 Å². The van der Waals surface area contributed by atoms with Crippen molar-refractivity contribution in [2.45, 2.75) is 17.7 Å². The highest BCUT2D eigenvalue weighted by atomic mass is 32.2. The Morgan fingerprint density at radius 1 is 1.47 bits per heavy atom. The largest absolute Gasteiger partial charge is 0.396 e. The molecule has 1 unspecified atom stereocenters. The zero-order valence-electron chi connectivity index (χ0n) is 11.1. The summed E-state index contributed by atoms with van der Waals surface area (Å²) in [6.45, 7) is 2.43. The minimum Gasteiger partial charge on any atom is -0.396 e. The lowest BCUT2D eigenvalue weighted by Gasteiger charge is -2.13. The van der Waals surface area contributed by atoms with Crippen LogP contribution < -0.4 is 11.1 Å². The number of nitrogens with one attached hydrogen (secondary N) is 1. The first kappa shape index (κ1) is 14.1. The van der Waals surface area contributed by atoms with Gasteiger partial charge < -0.3 is 15.8 Å². The summed E-state index contributed by atoms with van der Waals surface area (Å²) in [5, 5.41) is 3.21. The number of benzene rings is 1. The Kier molecular flexibility index (Phi) is 4.31. The van der Waals surface area contributed by atoms with Crippen molar-refractivity contribution in [1.82, 2.24) is 0 Å². The molecule has 106 valence electrons. The van der Waals surface area contributed by atoms with E-state index in [2.05, 4.69) is 5.32 Å². The highest BCUT2D eigenvalue weighted by Gasteiger charge is 2.16. The number of nitrogens with two attached hydrogens (primary N) is 1. The molecule has 0 bridgehead atoms. The van der Waals surface area contributed by atoms with Gasteiger partial charge in [-0.1, -0.05) is 6.07 Å². The molecule has 0 spiro atoms. The van der Waals surface area contributed by atoms with E-state index >= 15 is 0 Å². The minimum absolute atomic E-state index is 0.182. The SMILES string of the molecule is CS(=O)(=O)c1cccc(NCCC2CCOC2)c1N. The van der Waals surface area contributed by atoms with E-state index in [9.17, 15) is 8.42 Å². The van der Waals surface area contributed by atoms with Crippen LogP contribution in [0.15, 0.2) is 23.1 Å². The second-order valence-electron chi connectivity index (χ2n) is 4.93. The zero-order valence-corrected chi connectivity index (χ0v) is 11.9. The topological polar surface area (TPSA) is 81.4 Å². The number of ether oxygens (including phenoxy) is 1. The number of hydrogen-bond donors (Lipinski definition) is 2. The van der Waals surface area contributed by atoms with Crippen LogP contribution in [0, 0.1) is 5.92 Å². The summed E-state index contributed by atoms with van der Waals surface area (Å²) >= 11 is 0. The fraction of sp³-hybridized carbons (Fsp3) is 0.538. The van der Waals surface area contributed by atoms with Crippen molar-refractivity contribution in [2.75, 3.05) is 37.1 Å². The van der Waals surface area contributed by atoms with Gasteiger partial charge in [-0.25, -0.2) is 8.42 Å². The van der Waals surface area contributed by atoms with Gasteiger partial charge in [-0.15, -0.1) is 0 Å². The van der Waals surface area contributed by atoms with Gasteiger partial charge in [0.05, 0.1) is 16.3 Å². The van der Waals surface area contributed by atoms with Crippen molar-refractivity contribution in [1.29, 1.82) is 0 Å². The van der Waals surface area contributed by atoms with Gasteiger partial charge in [0.15, 0.2) is 9.84 Å². The molecule has 0 aromatic heterocycles. The lowest BCUT2D eigenvalue weighted by Crippen LogP contribution is -2.11. The standard InChI is InChI=1S/C13H20N2O3S/c1-19(16,17)12-4-2-3-11(13(12)14)15-7-5-10-6-8-18-9-10/h2-4,10,15H,5-9,14H2,1H3. The lowest BCUT2D eigenvalue weighted by atomic mass is 10.1. The van der Waals surface area contributed by atoms with Crippen LogP contribution in [0.25, 0.3) is 0 Å². The maximum atomic E-state index is 11.6. The van der Waals surface area contributed by atoms with E-state index in [-0.39, 0.29) is 4.90 Å². The molecule has 0 amide bonds. The van der Waals surface area contributed by atoms with Gasteiger partial charge in [-0.3, -0.25) is 0 Å². The van der Waals surface area contributed by atoms with Crippen molar-refractivity contribution < 1.29 is 13.2 Å². The highest BCUT2D eigenvalue weighted by molar-refractivity contribution is 7.90. The first-order valence-electron chi connectivity index (χ1n) is 6.38. The van der Waals surface area contributed by atoms with Gasteiger partial charge in [0.25, 0.3) is 0 Å². The maximum absolute atomic E-state index is 11.6. The summed E-state index contributed by atoms with van der Waals surface area (Å²) in [5.74, 6) is 0.590. The molecule has 1 heterocycles. The first-order valence-corrected chi connectivity index (χ1v) is 8.28. The summed E-state index contributed by atoms with van der Waals surface area (Å²) in [6, 6.07) is 5.03. The van der Waals surface area contributed by atoms with Gasteiger partial charge in [-0.05, 0) is 30.9 Å². The Labute approximate surface area is 114 Å². The molecule has 0 radical (unpaired) electrons. The molecule has 2 rings (SSSR count). The number of rotatable bonds is 5. The number of para-hydroxylation sites is 1. The van der Waals surface area contributed by atoms with Crippen molar-refractivity contribution in [3.63, 3.8) is 0 Å². The van der Waals surface area contributed by atoms with E-state index < -0.39 is 9.84 Å². The van der Waals surface area contributed by atoms with Crippen molar-refractivity contribution in [3.05, 3.63) is 18.2 Å². The molecule has 1 aromatic rings. The van der Waals surface area contributed by atoms with Gasteiger partial charge in [0.2, 0.25) is 0 Å². The molecular formula is C13H20N2O3S. The predicted octanol–water partition coefficient (Wildman–Crippen LogP) is 1.51. The first-order chi connectivity index (χ1) is 8.98. The maximum Gasteiger partial charge on any atom is 0.177 e. The average Bonchev–Trinajstić information content (AvgIpc) is 2.83. The van der Waals surface area contributed by atoms with E-state index in [0.717, 1.165) is 32.6 Å². The van der Waals surface area contributed by atoms with Gasteiger partial charge in [0, 0.05) is 26.0 Å². The normalized spacial score (nSPS) is 19.5.